The van der Waals surface area contributed by atoms with Crippen molar-refractivity contribution in [3.63, 3.8) is 0 Å². The SMILES string of the molecule is NC(=NCCSC[C@H]1O[C@@H](n2cnc3c(N)ncnc32)[C@H](O)[C@@H]1O)Nc1cccc(-c2ccoc2)c1. The number of nitrogens with one attached hydrogen (secondary N) is 1. The van der Waals surface area contributed by atoms with Crippen LogP contribution < -0.4 is 16.8 Å². The Hall–Kier alpha value is -3.65. The average Bonchev–Trinajstić information content (AvgIpc) is 3.61. The lowest BCUT2D eigenvalue weighted by Gasteiger charge is -2.16. The van der Waals surface area contributed by atoms with Gasteiger partial charge in [0, 0.05) is 22.8 Å². The number of anilines is 2. The number of hydrogen-bond donors (Lipinski definition) is 5. The molecule has 4 atom stereocenters. The summed E-state index contributed by atoms with van der Waals surface area (Å²) < 4.78 is 12.6. The summed E-state index contributed by atoms with van der Waals surface area (Å²) in [7, 11) is 0. The van der Waals surface area contributed by atoms with Crippen LogP contribution >= 0.6 is 11.8 Å². The van der Waals surface area contributed by atoms with E-state index in [1.165, 1.54) is 12.7 Å². The number of aliphatic hydroxyl groups excluding tert-OH is 2. The lowest BCUT2D eigenvalue weighted by Crippen LogP contribution is -2.32. The van der Waals surface area contributed by atoms with Gasteiger partial charge in [-0.15, -0.1) is 0 Å². The van der Waals surface area contributed by atoms with E-state index in [0.29, 0.717) is 35.2 Å². The Morgan fingerprint density at radius 1 is 1.17 bits per heavy atom. The second-order valence-electron chi connectivity index (χ2n) is 8.19. The molecule has 1 aliphatic heterocycles. The molecule has 0 unspecified atom stereocenters. The Morgan fingerprint density at radius 3 is 2.89 bits per heavy atom. The summed E-state index contributed by atoms with van der Waals surface area (Å²) >= 11 is 1.54. The summed E-state index contributed by atoms with van der Waals surface area (Å²) in [6.45, 7) is 0.474. The van der Waals surface area contributed by atoms with Crippen molar-refractivity contribution < 1.29 is 19.4 Å². The zero-order valence-electron chi connectivity index (χ0n) is 19.1. The van der Waals surface area contributed by atoms with Crippen LogP contribution in [0.3, 0.4) is 0 Å². The molecule has 1 aromatic carbocycles. The molecule has 12 nitrogen and oxygen atoms in total. The summed E-state index contributed by atoms with van der Waals surface area (Å²) in [5.74, 6) is 1.66. The van der Waals surface area contributed by atoms with Crippen molar-refractivity contribution in [1.29, 1.82) is 0 Å². The first kappa shape index (κ1) is 24.1. The van der Waals surface area contributed by atoms with Gasteiger partial charge in [0.05, 0.1) is 31.5 Å². The van der Waals surface area contributed by atoms with Crippen molar-refractivity contribution in [2.45, 2.75) is 24.5 Å². The highest BCUT2D eigenvalue weighted by molar-refractivity contribution is 7.99. The molecule has 3 aromatic heterocycles. The maximum absolute atomic E-state index is 10.6. The minimum Gasteiger partial charge on any atom is -0.472 e. The van der Waals surface area contributed by atoms with Gasteiger partial charge in [0.25, 0.3) is 0 Å². The highest BCUT2D eigenvalue weighted by Gasteiger charge is 2.44. The van der Waals surface area contributed by atoms with Crippen LogP contribution in [0.1, 0.15) is 6.23 Å². The number of aliphatic hydroxyl groups is 2. The van der Waals surface area contributed by atoms with Gasteiger partial charge in [-0.2, -0.15) is 11.8 Å². The highest BCUT2D eigenvalue weighted by Crippen LogP contribution is 2.33. The van der Waals surface area contributed by atoms with Gasteiger partial charge in [-0.1, -0.05) is 12.1 Å². The Morgan fingerprint density at radius 2 is 2.06 bits per heavy atom. The molecular formula is C23H26N8O4S. The topological polar surface area (TPSA) is 183 Å². The van der Waals surface area contributed by atoms with E-state index in [2.05, 4.69) is 25.3 Å². The molecule has 5 rings (SSSR count). The van der Waals surface area contributed by atoms with Gasteiger partial charge in [-0.3, -0.25) is 9.56 Å². The van der Waals surface area contributed by atoms with Crippen molar-refractivity contribution in [3.8, 4) is 11.1 Å². The van der Waals surface area contributed by atoms with E-state index in [1.807, 2.05) is 30.3 Å². The first-order valence-electron chi connectivity index (χ1n) is 11.2. The molecule has 1 fully saturated rings. The third-order valence-electron chi connectivity index (χ3n) is 5.79. The minimum atomic E-state index is -1.14. The fourth-order valence-corrected chi connectivity index (χ4v) is 4.87. The van der Waals surface area contributed by atoms with Gasteiger partial charge in [0.1, 0.15) is 24.1 Å². The number of nitrogen functional groups attached to an aromatic ring is 1. The zero-order chi connectivity index (χ0) is 25.1. The number of ether oxygens (including phenoxy) is 1. The maximum Gasteiger partial charge on any atom is 0.193 e. The van der Waals surface area contributed by atoms with Gasteiger partial charge in [-0.05, 0) is 23.8 Å². The van der Waals surface area contributed by atoms with E-state index in [4.69, 9.17) is 20.6 Å². The van der Waals surface area contributed by atoms with Gasteiger partial charge >= 0.3 is 0 Å². The van der Waals surface area contributed by atoms with Crippen LogP contribution in [-0.4, -0.2) is 72.1 Å². The van der Waals surface area contributed by atoms with Crippen LogP contribution in [0.25, 0.3) is 22.3 Å². The number of nitrogens with two attached hydrogens (primary N) is 2. The van der Waals surface area contributed by atoms with E-state index in [-0.39, 0.29) is 5.82 Å². The van der Waals surface area contributed by atoms with Crippen molar-refractivity contribution in [2.75, 3.05) is 29.1 Å². The van der Waals surface area contributed by atoms with Crippen molar-refractivity contribution in [3.05, 3.63) is 55.5 Å². The van der Waals surface area contributed by atoms with Gasteiger partial charge in [0.2, 0.25) is 0 Å². The number of fused-ring (bicyclic) bond motifs is 1. The second kappa shape index (κ2) is 10.5. The number of aliphatic imine (C=N–C) groups is 1. The molecule has 7 N–H and O–H groups in total. The lowest BCUT2D eigenvalue weighted by atomic mass is 10.1. The van der Waals surface area contributed by atoms with Crippen LogP contribution in [0, 0.1) is 0 Å². The maximum atomic E-state index is 10.6. The number of thioether (sulfide) groups is 1. The Labute approximate surface area is 210 Å². The van der Waals surface area contributed by atoms with E-state index >= 15 is 0 Å². The smallest absolute Gasteiger partial charge is 0.193 e. The molecule has 188 valence electrons. The molecule has 0 spiro atoms. The fourth-order valence-electron chi connectivity index (χ4n) is 3.98. The number of guanidine groups is 1. The van der Waals surface area contributed by atoms with Gasteiger partial charge < -0.3 is 36.2 Å². The zero-order valence-corrected chi connectivity index (χ0v) is 20.0. The predicted octanol–water partition coefficient (Wildman–Crippen LogP) is 1.45. The first-order valence-corrected chi connectivity index (χ1v) is 12.4. The van der Waals surface area contributed by atoms with Gasteiger partial charge in [-0.25, -0.2) is 15.0 Å². The van der Waals surface area contributed by atoms with E-state index < -0.39 is 24.5 Å². The highest BCUT2D eigenvalue weighted by atomic mass is 32.2. The number of aromatic nitrogens is 4. The summed E-state index contributed by atoms with van der Waals surface area (Å²) in [5, 5.41) is 24.2. The molecule has 0 amide bonds. The van der Waals surface area contributed by atoms with Crippen molar-refractivity contribution >= 4 is 40.4 Å². The minimum absolute atomic E-state index is 0.235. The fraction of sp³-hybridized carbons (Fsp3) is 0.304. The molecule has 1 saturated heterocycles. The number of rotatable bonds is 8. The molecule has 4 heterocycles. The molecule has 0 saturated carbocycles. The quantitative estimate of drug-likeness (QED) is 0.131. The predicted molar refractivity (Wildman–Crippen MR) is 137 cm³/mol. The standard InChI is InChI=1S/C23H26N8O4S/c24-20-17-21(28-11-27-20)31(12-29-17)22-19(33)18(32)16(35-22)10-36-7-5-26-23(25)30-15-3-1-2-13(8-15)14-4-6-34-9-14/h1-4,6,8-9,11-12,16,18-19,22,32-33H,5,7,10H2,(H2,24,27,28)(H3,25,26,30)/t16-,18-,19-,22-/m1/s1. The lowest BCUT2D eigenvalue weighted by molar-refractivity contribution is -0.0289. The largest absolute Gasteiger partial charge is 0.472 e. The van der Waals surface area contributed by atoms with Crippen LogP contribution in [0.5, 0.6) is 0 Å². The Bertz CT molecular complexity index is 1350. The average molecular weight is 511 g/mol. The number of furan rings is 1. The summed E-state index contributed by atoms with van der Waals surface area (Å²) in [6, 6.07) is 9.68. The van der Waals surface area contributed by atoms with Crippen LogP contribution in [0.2, 0.25) is 0 Å². The van der Waals surface area contributed by atoms with Gasteiger partial charge in [0.15, 0.2) is 23.7 Å². The van der Waals surface area contributed by atoms with Crippen molar-refractivity contribution in [1.82, 2.24) is 19.5 Å². The van der Waals surface area contributed by atoms with Crippen LogP contribution in [0.15, 0.2) is 64.9 Å². The molecule has 36 heavy (non-hydrogen) atoms. The van der Waals surface area contributed by atoms with E-state index in [9.17, 15) is 10.2 Å². The molecule has 0 aliphatic carbocycles. The third-order valence-corrected chi connectivity index (χ3v) is 6.82. The molecular weight excluding hydrogens is 484 g/mol. The molecule has 4 aromatic rings. The number of imidazole rings is 1. The molecule has 1 aliphatic rings. The molecule has 13 heteroatoms. The van der Waals surface area contributed by atoms with E-state index in [1.54, 1.807) is 28.9 Å². The van der Waals surface area contributed by atoms with Crippen molar-refractivity contribution in [2.24, 2.45) is 10.7 Å². The molecule has 0 radical (unpaired) electrons. The summed E-state index contributed by atoms with van der Waals surface area (Å²) in [5.41, 5.74) is 15.5. The molecule has 0 bridgehead atoms. The van der Waals surface area contributed by atoms with E-state index in [0.717, 1.165) is 16.8 Å². The summed E-state index contributed by atoms with van der Waals surface area (Å²) in [4.78, 5) is 16.6. The number of nitrogens with zero attached hydrogens (tertiary/aromatic N) is 5. The van der Waals surface area contributed by atoms with Crippen LogP contribution in [0.4, 0.5) is 11.5 Å². The monoisotopic (exact) mass is 510 g/mol. The normalized spacial score (nSPS) is 22.3. The second-order valence-corrected chi connectivity index (χ2v) is 9.34. The van der Waals surface area contributed by atoms with Crippen LogP contribution in [-0.2, 0) is 4.74 Å². The number of benzene rings is 1. The third kappa shape index (κ3) is 4.99. The summed E-state index contributed by atoms with van der Waals surface area (Å²) in [6.07, 6.45) is 2.50. The Kier molecular flexibility index (Phi) is 7.04. The number of hydrogen-bond acceptors (Lipinski definition) is 10. The Balaban J connectivity index is 1.11. The first-order chi connectivity index (χ1) is 17.5.